The van der Waals surface area contributed by atoms with E-state index in [0.717, 1.165) is 5.69 Å². The van der Waals surface area contributed by atoms with E-state index in [4.69, 9.17) is 4.98 Å². The van der Waals surface area contributed by atoms with Crippen molar-refractivity contribution < 1.29 is 0 Å². The Morgan fingerprint density at radius 2 is 1.52 bits per heavy atom. The first-order valence-corrected chi connectivity index (χ1v) is 10.8. The monoisotopic (exact) mass is 393 g/mol. The van der Waals surface area contributed by atoms with Crippen LogP contribution in [0.15, 0.2) is 84.4 Å². The summed E-state index contributed by atoms with van der Waals surface area (Å²) in [6, 6.07) is 26.4. The number of thiophene rings is 1. The summed E-state index contributed by atoms with van der Waals surface area (Å²) in [5, 5.41) is 6.03. The topological polar surface area (TPSA) is 12.9 Å². The van der Waals surface area contributed by atoms with Gasteiger partial charge in [0.05, 0.1) is 5.69 Å². The maximum atomic E-state index is 4.72. The van der Waals surface area contributed by atoms with E-state index in [1.807, 2.05) is 6.20 Å². The molecule has 29 heavy (non-hydrogen) atoms. The zero-order chi connectivity index (χ0) is 20.0. The van der Waals surface area contributed by atoms with Crippen molar-refractivity contribution in [2.45, 2.75) is 26.2 Å². The second kappa shape index (κ2) is 6.82. The molecule has 0 atom stereocenters. The molecule has 2 heteroatoms. The van der Waals surface area contributed by atoms with Crippen molar-refractivity contribution in [1.82, 2.24) is 4.98 Å². The van der Waals surface area contributed by atoms with E-state index in [1.54, 1.807) is 11.3 Å². The SMILES string of the molecule is CC(C)(C)c1cc(-c2cc(-c3ccc4sccc4c3)ccn2)cc2ccccc12. The lowest BCUT2D eigenvalue weighted by Gasteiger charge is -2.22. The van der Waals surface area contributed by atoms with E-state index in [9.17, 15) is 0 Å². The number of aromatic nitrogens is 1. The maximum Gasteiger partial charge on any atom is 0.0708 e. The number of pyridine rings is 1. The summed E-state index contributed by atoms with van der Waals surface area (Å²) in [5.41, 5.74) is 6.05. The van der Waals surface area contributed by atoms with Gasteiger partial charge in [0.1, 0.15) is 0 Å². The van der Waals surface area contributed by atoms with Crippen molar-refractivity contribution in [2.24, 2.45) is 0 Å². The Bertz CT molecular complexity index is 1340. The summed E-state index contributed by atoms with van der Waals surface area (Å²) < 4.78 is 1.33. The lowest BCUT2D eigenvalue weighted by Crippen LogP contribution is -2.12. The van der Waals surface area contributed by atoms with Crippen LogP contribution in [0.1, 0.15) is 26.3 Å². The zero-order valence-corrected chi connectivity index (χ0v) is 17.8. The lowest BCUT2D eigenvalue weighted by molar-refractivity contribution is 0.596. The number of rotatable bonds is 2. The average Bonchev–Trinajstić information content (AvgIpc) is 3.20. The van der Waals surface area contributed by atoms with E-state index < -0.39 is 0 Å². The third-order valence-electron chi connectivity index (χ3n) is 5.51. The molecular formula is C27H23NS. The van der Waals surface area contributed by atoms with Crippen molar-refractivity contribution in [1.29, 1.82) is 0 Å². The van der Waals surface area contributed by atoms with Crippen molar-refractivity contribution >= 4 is 32.2 Å². The second-order valence-electron chi connectivity index (χ2n) is 8.60. The Morgan fingerprint density at radius 1 is 0.724 bits per heavy atom. The van der Waals surface area contributed by atoms with Crippen molar-refractivity contribution in [3.8, 4) is 22.4 Å². The first-order chi connectivity index (χ1) is 14.0. The summed E-state index contributed by atoms with van der Waals surface area (Å²) in [5.74, 6) is 0. The molecule has 142 valence electrons. The van der Waals surface area contributed by atoms with Crippen LogP contribution >= 0.6 is 11.3 Å². The standard InChI is InChI=1S/C27H23NS/c1-27(2,3)24-16-22(15-20-6-4-5-7-23(20)24)25-17-19(10-12-28-25)18-8-9-26-21(14-18)11-13-29-26/h4-17H,1-3H3. The molecule has 0 aliphatic heterocycles. The molecule has 0 bridgehead atoms. The fraction of sp³-hybridized carbons (Fsp3) is 0.148. The quantitative estimate of drug-likeness (QED) is 0.295. The Hall–Kier alpha value is -2.97. The molecule has 0 saturated heterocycles. The molecule has 0 N–H and O–H groups in total. The highest BCUT2D eigenvalue weighted by Crippen LogP contribution is 2.35. The van der Waals surface area contributed by atoms with Crippen LogP contribution in [0.2, 0.25) is 0 Å². The van der Waals surface area contributed by atoms with Gasteiger partial charge in [-0.3, -0.25) is 4.98 Å². The minimum atomic E-state index is 0.0667. The summed E-state index contributed by atoms with van der Waals surface area (Å²) >= 11 is 1.78. The molecule has 0 radical (unpaired) electrons. The number of nitrogens with zero attached hydrogens (tertiary/aromatic N) is 1. The molecule has 2 heterocycles. The average molecular weight is 394 g/mol. The Kier molecular flexibility index (Phi) is 4.25. The summed E-state index contributed by atoms with van der Waals surface area (Å²) in [7, 11) is 0. The smallest absolute Gasteiger partial charge is 0.0708 e. The van der Waals surface area contributed by atoms with Crippen molar-refractivity contribution in [3.63, 3.8) is 0 Å². The van der Waals surface area contributed by atoms with Gasteiger partial charge in [-0.05, 0) is 86.1 Å². The van der Waals surface area contributed by atoms with Gasteiger partial charge in [-0.1, -0.05) is 51.1 Å². The Labute approximate surface area is 175 Å². The Balaban J connectivity index is 1.66. The first kappa shape index (κ1) is 18.1. The highest BCUT2D eigenvalue weighted by molar-refractivity contribution is 7.17. The maximum absolute atomic E-state index is 4.72. The normalized spacial score (nSPS) is 12.0. The summed E-state index contributed by atoms with van der Waals surface area (Å²) in [6.45, 7) is 6.83. The van der Waals surface area contributed by atoms with Gasteiger partial charge in [0, 0.05) is 16.5 Å². The van der Waals surface area contributed by atoms with Gasteiger partial charge in [-0.25, -0.2) is 0 Å². The van der Waals surface area contributed by atoms with Crippen LogP contribution in [0, 0.1) is 0 Å². The van der Waals surface area contributed by atoms with Gasteiger partial charge in [-0.15, -0.1) is 11.3 Å². The molecule has 0 amide bonds. The molecule has 5 rings (SSSR count). The molecule has 1 nitrogen and oxygen atoms in total. The van der Waals surface area contributed by atoms with Crippen LogP contribution in [0.3, 0.4) is 0 Å². The lowest BCUT2D eigenvalue weighted by atomic mass is 9.82. The molecule has 0 saturated carbocycles. The van der Waals surface area contributed by atoms with Crippen LogP contribution in [0.5, 0.6) is 0 Å². The molecule has 2 aromatic heterocycles. The molecule has 0 spiro atoms. The molecule has 0 aliphatic rings. The highest BCUT2D eigenvalue weighted by Gasteiger charge is 2.18. The van der Waals surface area contributed by atoms with Crippen LogP contribution in [-0.2, 0) is 5.41 Å². The van der Waals surface area contributed by atoms with Crippen LogP contribution in [-0.4, -0.2) is 4.98 Å². The largest absolute Gasteiger partial charge is 0.256 e. The van der Waals surface area contributed by atoms with Crippen molar-refractivity contribution in [2.75, 3.05) is 0 Å². The van der Waals surface area contributed by atoms with Crippen LogP contribution in [0.4, 0.5) is 0 Å². The van der Waals surface area contributed by atoms with E-state index in [1.165, 1.54) is 43.1 Å². The molecule has 3 aromatic carbocycles. The molecular weight excluding hydrogens is 370 g/mol. The predicted octanol–water partition coefficient (Wildman–Crippen LogP) is 8.08. The van der Waals surface area contributed by atoms with Crippen LogP contribution < -0.4 is 0 Å². The minimum Gasteiger partial charge on any atom is -0.256 e. The number of hydrogen-bond donors (Lipinski definition) is 0. The van der Waals surface area contributed by atoms with Crippen LogP contribution in [0.25, 0.3) is 43.2 Å². The predicted molar refractivity (Wildman–Crippen MR) is 127 cm³/mol. The van der Waals surface area contributed by atoms with Gasteiger partial charge in [-0.2, -0.15) is 0 Å². The summed E-state index contributed by atoms with van der Waals surface area (Å²) in [6.07, 6.45) is 1.93. The first-order valence-electron chi connectivity index (χ1n) is 9.96. The second-order valence-corrected chi connectivity index (χ2v) is 9.55. The minimum absolute atomic E-state index is 0.0667. The molecule has 0 aliphatic carbocycles. The summed E-state index contributed by atoms with van der Waals surface area (Å²) in [4.78, 5) is 4.72. The fourth-order valence-corrected chi connectivity index (χ4v) is 4.76. The third-order valence-corrected chi connectivity index (χ3v) is 6.41. The van der Waals surface area contributed by atoms with Crippen molar-refractivity contribution in [3.05, 3.63) is 89.9 Å². The highest BCUT2D eigenvalue weighted by atomic mass is 32.1. The van der Waals surface area contributed by atoms with Gasteiger partial charge < -0.3 is 0 Å². The molecule has 5 aromatic rings. The molecule has 0 unspecified atom stereocenters. The van der Waals surface area contributed by atoms with E-state index in [0.29, 0.717) is 0 Å². The fourth-order valence-electron chi connectivity index (χ4n) is 3.99. The van der Waals surface area contributed by atoms with Gasteiger partial charge >= 0.3 is 0 Å². The van der Waals surface area contributed by atoms with E-state index in [2.05, 4.69) is 98.9 Å². The van der Waals surface area contributed by atoms with E-state index in [-0.39, 0.29) is 5.41 Å². The Morgan fingerprint density at radius 3 is 2.38 bits per heavy atom. The number of hydrogen-bond acceptors (Lipinski definition) is 2. The number of benzene rings is 3. The van der Waals surface area contributed by atoms with Gasteiger partial charge in [0.25, 0.3) is 0 Å². The van der Waals surface area contributed by atoms with Gasteiger partial charge in [0.15, 0.2) is 0 Å². The third kappa shape index (κ3) is 3.34. The van der Waals surface area contributed by atoms with Gasteiger partial charge in [0.2, 0.25) is 0 Å². The van der Waals surface area contributed by atoms with E-state index >= 15 is 0 Å². The number of fused-ring (bicyclic) bond motifs is 2. The zero-order valence-electron chi connectivity index (χ0n) is 16.9. The molecule has 0 fully saturated rings.